The maximum Gasteiger partial charge on any atom is 0.310 e. The van der Waals surface area contributed by atoms with E-state index in [4.69, 9.17) is 5.26 Å². The Balaban J connectivity index is 2.68. The third-order valence-corrected chi connectivity index (χ3v) is 2.42. The average Bonchev–Trinajstić information content (AvgIpc) is 2.51. The van der Waals surface area contributed by atoms with Gasteiger partial charge in [0.05, 0.1) is 25.0 Å². The van der Waals surface area contributed by atoms with Crippen molar-refractivity contribution in [1.82, 2.24) is 0 Å². The summed E-state index contributed by atoms with van der Waals surface area (Å²) >= 11 is 0. The van der Waals surface area contributed by atoms with E-state index in [1.165, 1.54) is 7.11 Å². The Bertz CT molecular complexity index is 227. The number of methoxy groups -OCH3 is 1. The highest BCUT2D eigenvalue weighted by Gasteiger charge is 2.63. The first-order valence-electron chi connectivity index (χ1n) is 3.53. The molecule has 0 bridgehead atoms. The molecule has 60 valence electrons. The van der Waals surface area contributed by atoms with E-state index in [1.54, 1.807) is 0 Å². The van der Waals surface area contributed by atoms with Crippen molar-refractivity contribution in [3.05, 3.63) is 0 Å². The Hall–Kier alpha value is -1.04. The first-order chi connectivity index (χ1) is 5.05. The van der Waals surface area contributed by atoms with Crippen LogP contribution in [-0.4, -0.2) is 13.1 Å². The molecule has 1 aliphatic rings. The maximum atomic E-state index is 11.0. The van der Waals surface area contributed by atoms with E-state index in [2.05, 4.69) is 10.8 Å². The molecule has 1 saturated carbocycles. The van der Waals surface area contributed by atoms with Gasteiger partial charge in [-0.15, -0.1) is 0 Å². The van der Waals surface area contributed by atoms with Crippen molar-refractivity contribution in [2.45, 2.75) is 13.8 Å². The summed E-state index contributed by atoms with van der Waals surface area (Å²) in [5.41, 5.74) is -0.179. The summed E-state index contributed by atoms with van der Waals surface area (Å²) in [5.74, 6) is -0.631. The zero-order valence-electron chi connectivity index (χ0n) is 6.92. The molecule has 2 atom stereocenters. The Morgan fingerprint density at radius 2 is 2.18 bits per heavy atom. The van der Waals surface area contributed by atoms with E-state index in [-0.39, 0.29) is 23.2 Å². The van der Waals surface area contributed by atoms with Gasteiger partial charge < -0.3 is 4.74 Å². The predicted molar refractivity (Wildman–Crippen MR) is 38.4 cm³/mol. The molecule has 3 heteroatoms. The first-order valence-corrected chi connectivity index (χ1v) is 3.53. The van der Waals surface area contributed by atoms with Gasteiger partial charge in [0.25, 0.3) is 0 Å². The molecule has 0 aliphatic heterocycles. The number of carbonyl (C=O) groups excluding carboxylic acids is 1. The number of ether oxygens (including phenoxy) is 1. The number of hydrogen-bond donors (Lipinski definition) is 0. The van der Waals surface area contributed by atoms with Crippen molar-refractivity contribution in [1.29, 1.82) is 5.26 Å². The topological polar surface area (TPSA) is 50.1 Å². The molecular weight excluding hydrogens is 142 g/mol. The van der Waals surface area contributed by atoms with Crippen LogP contribution in [0.2, 0.25) is 0 Å². The molecule has 0 aromatic carbocycles. The summed E-state index contributed by atoms with van der Waals surface area (Å²) < 4.78 is 4.55. The lowest BCUT2D eigenvalue weighted by molar-refractivity contribution is -0.143. The Morgan fingerprint density at radius 3 is 2.45 bits per heavy atom. The standard InChI is InChI=1S/C8H11NO2/c1-8(2)5(4-9)6(8)7(10)11-3/h5-6H,1-3H3/t5-,6-/m0/s1. The largest absolute Gasteiger partial charge is 0.469 e. The molecule has 0 radical (unpaired) electrons. The highest BCUT2D eigenvalue weighted by Crippen LogP contribution is 2.58. The number of nitriles is 1. The van der Waals surface area contributed by atoms with Crippen molar-refractivity contribution >= 4 is 5.97 Å². The Morgan fingerprint density at radius 1 is 1.64 bits per heavy atom. The monoisotopic (exact) mass is 153 g/mol. The fourth-order valence-electron chi connectivity index (χ4n) is 1.45. The highest BCUT2D eigenvalue weighted by molar-refractivity contribution is 5.78. The van der Waals surface area contributed by atoms with Crippen LogP contribution in [0.4, 0.5) is 0 Å². The van der Waals surface area contributed by atoms with Crippen molar-refractivity contribution in [2.24, 2.45) is 17.3 Å². The van der Waals surface area contributed by atoms with Crippen LogP contribution in [0.15, 0.2) is 0 Å². The molecule has 0 amide bonds. The van der Waals surface area contributed by atoms with Gasteiger partial charge in [-0.2, -0.15) is 5.26 Å². The Labute approximate surface area is 66.0 Å². The lowest BCUT2D eigenvalue weighted by atomic mass is 10.1. The van der Waals surface area contributed by atoms with Gasteiger partial charge in [0, 0.05) is 0 Å². The van der Waals surface area contributed by atoms with Gasteiger partial charge in [0.15, 0.2) is 0 Å². The van der Waals surface area contributed by atoms with E-state index in [0.717, 1.165) is 0 Å². The second-order valence-electron chi connectivity index (χ2n) is 3.43. The molecule has 1 rings (SSSR count). The second-order valence-corrected chi connectivity index (χ2v) is 3.43. The zero-order valence-corrected chi connectivity index (χ0v) is 6.92. The number of nitrogens with zero attached hydrogens (tertiary/aromatic N) is 1. The van der Waals surface area contributed by atoms with Crippen LogP contribution in [0.5, 0.6) is 0 Å². The molecule has 1 fully saturated rings. The molecular formula is C8H11NO2. The van der Waals surface area contributed by atoms with Gasteiger partial charge in [0.2, 0.25) is 0 Å². The summed E-state index contributed by atoms with van der Waals surface area (Å²) in [6.45, 7) is 3.81. The summed E-state index contributed by atoms with van der Waals surface area (Å²) in [6.07, 6.45) is 0. The van der Waals surface area contributed by atoms with Crippen LogP contribution in [-0.2, 0) is 9.53 Å². The number of rotatable bonds is 1. The molecule has 11 heavy (non-hydrogen) atoms. The molecule has 0 saturated heterocycles. The molecule has 0 unspecified atom stereocenters. The molecule has 0 aromatic heterocycles. The normalized spacial score (nSPS) is 32.2. The van der Waals surface area contributed by atoms with E-state index < -0.39 is 0 Å². The minimum Gasteiger partial charge on any atom is -0.469 e. The SMILES string of the molecule is COC(=O)[C@@H]1[C@H](C#N)C1(C)C. The van der Waals surface area contributed by atoms with Gasteiger partial charge in [-0.05, 0) is 5.41 Å². The smallest absolute Gasteiger partial charge is 0.310 e. The summed E-state index contributed by atoms with van der Waals surface area (Å²) in [4.78, 5) is 11.0. The number of esters is 1. The number of hydrogen-bond acceptors (Lipinski definition) is 3. The third kappa shape index (κ3) is 0.988. The van der Waals surface area contributed by atoms with Gasteiger partial charge in [-0.25, -0.2) is 0 Å². The lowest BCUT2D eigenvalue weighted by Gasteiger charge is -1.98. The molecule has 0 heterocycles. The fourth-order valence-corrected chi connectivity index (χ4v) is 1.45. The summed E-state index contributed by atoms with van der Waals surface area (Å²) in [5, 5.41) is 8.60. The van der Waals surface area contributed by atoms with Gasteiger partial charge in [-0.1, -0.05) is 13.8 Å². The van der Waals surface area contributed by atoms with Gasteiger partial charge >= 0.3 is 5.97 Å². The van der Waals surface area contributed by atoms with Crippen molar-refractivity contribution < 1.29 is 9.53 Å². The average molecular weight is 153 g/mol. The van der Waals surface area contributed by atoms with E-state index in [1.807, 2.05) is 13.8 Å². The summed E-state index contributed by atoms with van der Waals surface area (Å²) in [7, 11) is 1.35. The first kappa shape index (κ1) is 8.06. The van der Waals surface area contributed by atoms with Gasteiger partial charge in [-0.3, -0.25) is 4.79 Å². The number of carbonyl (C=O) groups is 1. The summed E-state index contributed by atoms with van der Waals surface area (Å²) in [6, 6.07) is 2.09. The van der Waals surface area contributed by atoms with Crippen molar-refractivity contribution in [3.8, 4) is 6.07 Å². The maximum absolute atomic E-state index is 11.0. The van der Waals surface area contributed by atoms with Crippen LogP contribution in [0.25, 0.3) is 0 Å². The quantitative estimate of drug-likeness (QED) is 0.527. The molecule has 0 aromatic rings. The molecule has 0 spiro atoms. The fraction of sp³-hybridized carbons (Fsp3) is 0.750. The van der Waals surface area contributed by atoms with Gasteiger partial charge in [0.1, 0.15) is 0 Å². The van der Waals surface area contributed by atoms with E-state index >= 15 is 0 Å². The lowest BCUT2D eigenvalue weighted by Crippen LogP contribution is -2.07. The molecule has 0 N–H and O–H groups in total. The minimum atomic E-state index is -0.262. The highest BCUT2D eigenvalue weighted by atomic mass is 16.5. The second kappa shape index (κ2) is 2.23. The van der Waals surface area contributed by atoms with Crippen molar-refractivity contribution in [3.63, 3.8) is 0 Å². The van der Waals surface area contributed by atoms with E-state index in [9.17, 15) is 4.79 Å². The van der Waals surface area contributed by atoms with Crippen LogP contribution in [0.3, 0.4) is 0 Å². The zero-order chi connectivity index (χ0) is 8.65. The third-order valence-electron chi connectivity index (χ3n) is 2.42. The van der Waals surface area contributed by atoms with Crippen molar-refractivity contribution in [2.75, 3.05) is 7.11 Å². The minimum absolute atomic E-state index is 0.157. The molecule has 3 nitrogen and oxygen atoms in total. The Kier molecular flexibility index (Phi) is 1.63. The predicted octanol–water partition coefficient (Wildman–Crippen LogP) is 0.955. The molecule has 1 aliphatic carbocycles. The van der Waals surface area contributed by atoms with Crippen LogP contribution < -0.4 is 0 Å². The van der Waals surface area contributed by atoms with Crippen LogP contribution in [0, 0.1) is 28.6 Å². The van der Waals surface area contributed by atoms with Crippen LogP contribution >= 0.6 is 0 Å². The van der Waals surface area contributed by atoms with Crippen LogP contribution in [0.1, 0.15) is 13.8 Å². The van der Waals surface area contributed by atoms with E-state index in [0.29, 0.717) is 0 Å².